The molecule has 1 aliphatic rings. The predicted molar refractivity (Wildman–Crippen MR) is 58.7 cm³/mol. The van der Waals surface area contributed by atoms with Crippen LogP contribution >= 0.6 is 15.9 Å². The van der Waals surface area contributed by atoms with Crippen molar-refractivity contribution < 1.29 is 10.0 Å². The van der Waals surface area contributed by atoms with Gasteiger partial charge in [-0.15, -0.1) is 0 Å². The van der Waals surface area contributed by atoms with Crippen LogP contribution in [0.4, 0.5) is 5.69 Å². The first-order chi connectivity index (χ1) is 6.98. The van der Waals surface area contributed by atoms with Crippen LogP contribution in [0.1, 0.15) is 18.4 Å². The van der Waals surface area contributed by atoms with Gasteiger partial charge in [0.2, 0.25) is 0 Å². The van der Waals surface area contributed by atoms with Crippen LogP contribution in [0.3, 0.4) is 0 Å². The molecule has 5 heteroatoms. The molecule has 0 spiro atoms. The van der Waals surface area contributed by atoms with Gasteiger partial charge in [0.15, 0.2) is 0 Å². The third kappa shape index (κ3) is 2.54. The molecular formula is C10H10BrNO3. The summed E-state index contributed by atoms with van der Waals surface area (Å²) >= 11 is 3.22. The van der Waals surface area contributed by atoms with E-state index in [0.717, 1.165) is 18.4 Å². The lowest BCUT2D eigenvalue weighted by Crippen LogP contribution is -2.10. The Balaban J connectivity index is 2.27. The van der Waals surface area contributed by atoms with E-state index in [0.29, 0.717) is 10.9 Å². The molecular weight excluding hydrogens is 262 g/mol. The Morgan fingerprint density at radius 3 is 2.67 bits per heavy atom. The minimum atomic E-state index is -0.616. The van der Waals surface area contributed by atoms with Crippen molar-refractivity contribution in [3.8, 4) is 0 Å². The van der Waals surface area contributed by atoms with Crippen molar-refractivity contribution in [2.24, 2.45) is 0 Å². The Labute approximate surface area is 95.2 Å². The zero-order valence-corrected chi connectivity index (χ0v) is 9.53. The number of non-ortho nitro benzene ring substituents is 1. The van der Waals surface area contributed by atoms with Crippen LogP contribution in [0, 0.1) is 10.1 Å². The first kappa shape index (κ1) is 10.6. The lowest BCUT2D eigenvalue weighted by Gasteiger charge is -2.07. The Bertz CT molecular complexity index is 415. The summed E-state index contributed by atoms with van der Waals surface area (Å²) < 4.78 is 0.677. The van der Waals surface area contributed by atoms with Gasteiger partial charge in [0.05, 0.1) is 10.5 Å². The van der Waals surface area contributed by atoms with Crippen LogP contribution in [-0.4, -0.2) is 15.6 Å². The first-order valence-electron chi connectivity index (χ1n) is 4.65. The smallest absolute Gasteiger partial charge is 0.270 e. The quantitative estimate of drug-likeness (QED) is 0.679. The molecule has 15 heavy (non-hydrogen) atoms. The largest absolute Gasteiger partial charge is 0.390 e. The van der Waals surface area contributed by atoms with Gasteiger partial charge in [0.25, 0.3) is 5.69 Å². The van der Waals surface area contributed by atoms with Gasteiger partial charge in [-0.3, -0.25) is 10.1 Å². The van der Waals surface area contributed by atoms with E-state index in [1.165, 1.54) is 12.1 Å². The molecule has 1 saturated carbocycles. The van der Waals surface area contributed by atoms with Gasteiger partial charge in [-0.1, -0.05) is 15.9 Å². The fourth-order valence-corrected chi connectivity index (χ4v) is 2.07. The zero-order valence-electron chi connectivity index (χ0n) is 7.94. The Hall–Kier alpha value is -0.940. The maximum absolute atomic E-state index is 10.6. The van der Waals surface area contributed by atoms with Crippen LogP contribution in [0.5, 0.6) is 0 Å². The molecule has 0 bridgehead atoms. The van der Waals surface area contributed by atoms with Gasteiger partial charge in [0, 0.05) is 23.0 Å². The SMILES string of the molecule is O=[N+]([O-])c1cc(Br)cc(CC2(O)CC2)c1. The summed E-state index contributed by atoms with van der Waals surface area (Å²) in [6.07, 6.45) is 2.06. The molecule has 4 nitrogen and oxygen atoms in total. The van der Waals surface area contributed by atoms with Gasteiger partial charge in [0.1, 0.15) is 0 Å². The molecule has 80 valence electrons. The highest BCUT2D eigenvalue weighted by atomic mass is 79.9. The molecule has 1 aliphatic carbocycles. The monoisotopic (exact) mass is 271 g/mol. The van der Waals surface area contributed by atoms with Crippen LogP contribution in [0.25, 0.3) is 0 Å². The number of aliphatic hydroxyl groups is 1. The van der Waals surface area contributed by atoms with Crippen molar-refractivity contribution in [2.75, 3.05) is 0 Å². The van der Waals surface area contributed by atoms with Gasteiger partial charge < -0.3 is 5.11 Å². The topological polar surface area (TPSA) is 63.4 Å². The van der Waals surface area contributed by atoms with Gasteiger partial charge in [-0.25, -0.2) is 0 Å². The van der Waals surface area contributed by atoms with E-state index in [1.54, 1.807) is 0 Å². The van der Waals surface area contributed by atoms with Crippen LogP contribution < -0.4 is 0 Å². The molecule has 0 saturated heterocycles. The fourth-order valence-electron chi connectivity index (χ4n) is 1.54. The molecule has 0 amide bonds. The van der Waals surface area contributed by atoms with Crippen molar-refractivity contribution >= 4 is 21.6 Å². The highest BCUT2D eigenvalue weighted by Crippen LogP contribution is 2.39. The van der Waals surface area contributed by atoms with Crippen LogP contribution in [0.15, 0.2) is 22.7 Å². The van der Waals surface area contributed by atoms with E-state index in [4.69, 9.17) is 0 Å². The molecule has 2 rings (SSSR count). The normalized spacial score (nSPS) is 17.5. The zero-order chi connectivity index (χ0) is 11.1. The first-order valence-corrected chi connectivity index (χ1v) is 5.44. The average molecular weight is 272 g/mol. The summed E-state index contributed by atoms with van der Waals surface area (Å²) in [7, 11) is 0. The highest BCUT2D eigenvalue weighted by Gasteiger charge is 2.40. The second kappa shape index (κ2) is 3.57. The Morgan fingerprint density at radius 2 is 2.13 bits per heavy atom. The second-order valence-corrected chi connectivity index (χ2v) is 4.89. The maximum Gasteiger partial charge on any atom is 0.270 e. The van der Waals surface area contributed by atoms with Crippen molar-refractivity contribution in [3.63, 3.8) is 0 Å². The maximum atomic E-state index is 10.6. The number of hydrogen-bond acceptors (Lipinski definition) is 3. The fraction of sp³-hybridized carbons (Fsp3) is 0.400. The summed E-state index contributed by atoms with van der Waals surface area (Å²) in [5, 5.41) is 20.3. The van der Waals surface area contributed by atoms with Crippen LogP contribution in [0.2, 0.25) is 0 Å². The third-order valence-corrected chi connectivity index (χ3v) is 2.97. The summed E-state index contributed by atoms with van der Waals surface area (Å²) in [4.78, 5) is 10.2. The van der Waals surface area contributed by atoms with E-state index in [1.807, 2.05) is 6.07 Å². The molecule has 0 atom stereocenters. The number of rotatable bonds is 3. The van der Waals surface area contributed by atoms with Gasteiger partial charge in [-0.2, -0.15) is 0 Å². The Kier molecular flexibility index (Phi) is 2.52. The number of halogens is 1. The van der Waals surface area contributed by atoms with E-state index in [-0.39, 0.29) is 5.69 Å². The molecule has 0 aromatic heterocycles. The molecule has 0 heterocycles. The standard InChI is InChI=1S/C10H10BrNO3/c11-8-3-7(6-10(13)1-2-10)4-9(5-8)12(14)15/h3-5,13H,1-2,6H2. The summed E-state index contributed by atoms with van der Waals surface area (Å²) in [6, 6.07) is 4.78. The minimum absolute atomic E-state index is 0.0589. The summed E-state index contributed by atoms with van der Waals surface area (Å²) in [6.45, 7) is 0. The number of benzene rings is 1. The van der Waals surface area contributed by atoms with Crippen molar-refractivity contribution in [2.45, 2.75) is 24.9 Å². The molecule has 1 aromatic carbocycles. The van der Waals surface area contributed by atoms with Gasteiger partial charge in [-0.05, 0) is 24.5 Å². The van der Waals surface area contributed by atoms with E-state index in [9.17, 15) is 15.2 Å². The number of nitro benzene ring substituents is 1. The third-order valence-electron chi connectivity index (χ3n) is 2.51. The summed E-state index contributed by atoms with van der Waals surface area (Å²) in [5.74, 6) is 0. The predicted octanol–water partition coefficient (Wildman–Crippen LogP) is 2.42. The lowest BCUT2D eigenvalue weighted by atomic mass is 10.1. The number of nitrogens with zero attached hydrogens (tertiary/aromatic N) is 1. The van der Waals surface area contributed by atoms with Crippen molar-refractivity contribution in [3.05, 3.63) is 38.3 Å². The highest BCUT2D eigenvalue weighted by molar-refractivity contribution is 9.10. The molecule has 0 unspecified atom stereocenters. The van der Waals surface area contributed by atoms with E-state index < -0.39 is 10.5 Å². The molecule has 0 aliphatic heterocycles. The second-order valence-electron chi connectivity index (χ2n) is 3.98. The summed E-state index contributed by atoms with van der Waals surface area (Å²) in [5.41, 5.74) is 0.244. The van der Waals surface area contributed by atoms with E-state index >= 15 is 0 Å². The van der Waals surface area contributed by atoms with Crippen molar-refractivity contribution in [1.82, 2.24) is 0 Å². The molecule has 1 N–H and O–H groups in total. The lowest BCUT2D eigenvalue weighted by molar-refractivity contribution is -0.385. The van der Waals surface area contributed by atoms with Crippen LogP contribution in [-0.2, 0) is 6.42 Å². The molecule has 0 radical (unpaired) electrons. The average Bonchev–Trinajstić information content (AvgIpc) is 2.81. The van der Waals surface area contributed by atoms with Crippen molar-refractivity contribution in [1.29, 1.82) is 0 Å². The Morgan fingerprint density at radius 1 is 1.47 bits per heavy atom. The molecule has 1 aromatic rings. The minimum Gasteiger partial charge on any atom is -0.390 e. The number of nitro groups is 1. The molecule has 1 fully saturated rings. The van der Waals surface area contributed by atoms with E-state index in [2.05, 4.69) is 15.9 Å². The number of hydrogen-bond donors (Lipinski definition) is 1. The van der Waals surface area contributed by atoms with Gasteiger partial charge >= 0.3 is 0 Å².